The predicted molar refractivity (Wildman–Crippen MR) is 126 cm³/mol. The molecule has 1 amide bonds. The molecule has 0 bridgehead atoms. The van der Waals surface area contributed by atoms with Crippen LogP contribution in [0.15, 0.2) is 53.7 Å². The van der Waals surface area contributed by atoms with Crippen molar-refractivity contribution in [2.75, 3.05) is 32.8 Å². The van der Waals surface area contributed by atoms with Gasteiger partial charge in [0.05, 0.1) is 18.2 Å². The summed E-state index contributed by atoms with van der Waals surface area (Å²) in [5.74, 6) is 1.79. The van der Waals surface area contributed by atoms with Crippen molar-refractivity contribution >= 4 is 23.2 Å². The van der Waals surface area contributed by atoms with Crippen LogP contribution in [0.4, 0.5) is 0 Å². The SMILES string of the molecule is C=C/C=C(CCC[C@H]1CNC[C@H]1C(=O)N1CCC2(CC1)COc1ccccc12)\N=C\Cl. The molecule has 0 unspecified atom stereocenters. The molecule has 6 heteroatoms. The number of hydrogen-bond acceptors (Lipinski definition) is 4. The number of ether oxygens (including phenoxy) is 1. The van der Waals surface area contributed by atoms with Crippen LogP contribution in [0.5, 0.6) is 5.75 Å². The molecule has 1 N–H and O–H groups in total. The summed E-state index contributed by atoms with van der Waals surface area (Å²) >= 11 is 5.63. The molecule has 0 aliphatic carbocycles. The van der Waals surface area contributed by atoms with Gasteiger partial charge < -0.3 is 15.0 Å². The fourth-order valence-corrected chi connectivity index (χ4v) is 5.51. The third kappa shape index (κ3) is 4.73. The number of rotatable bonds is 7. The summed E-state index contributed by atoms with van der Waals surface area (Å²) in [4.78, 5) is 19.6. The maximum Gasteiger partial charge on any atom is 0.227 e. The predicted octanol–water partition coefficient (Wildman–Crippen LogP) is 4.28. The molecule has 3 aliphatic rings. The van der Waals surface area contributed by atoms with Gasteiger partial charge in [-0.1, -0.05) is 42.5 Å². The first-order valence-corrected chi connectivity index (χ1v) is 11.8. The average molecular weight is 442 g/mol. The van der Waals surface area contributed by atoms with Crippen LogP contribution < -0.4 is 10.1 Å². The van der Waals surface area contributed by atoms with E-state index in [-0.39, 0.29) is 11.3 Å². The lowest BCUT2D eigenvalue weighted by Gasteiger charge is -2.40. The van der Waals surface area contributed by atoms with Crippen molar-refractivity contribution < 1.29 is 9.53 Å². The van der Waals surface area contributed by atoms with Gasteiger partial charge >= 0.3 is 0 Å². The average Bonchev–Trinajstić information content (AvgIpc) is 3.40. The van der Waals surface area contributed by atoms with Crippen LogP contribution in [0.1, 0.15) is 37.7 Å². The lowest BCUT2D eigenvalue weighted by atomic mass is 9.74. The van der Waals surface area contributed by atoms with Crippen LogP contribution in [0, 0.1) is 11.8 Å². The third-order valence-electron chi connectivity index (χ3n) is 7.18. The van der Waals surface area contributed by atoms with Crippen LogP contribution in [0.3, 0.4) is 0 Å². The Morgan fingerprint density at radius 1 is 1.32 bits per heavy atom. The van der Waals surface area contributed by atoms with E-state index in [9.17, 15) is 4.79 Å². The first kappa shape index (κ1) is 22.1. The largest absolute Gasteiger partial charge is 0.492 e. The highest BCUT2D eigenvalue weighted by Crippen LogP contribution is 2.45. The zero-order chi connectivity index (χ0) is 21.7. The fourth-order valence-electron chi connectivity index (χ4n) is 5.39. The molecular weight excluding hydrogens is 410 g/mol. The van der Waals surface area contributed by atoms with Crippen molar-refractivity contribution in [1.29, 1.82) is 0 Å². The van der Waals surface area contributed by atoms with Crippen molar-refractivity contribution in [3.05, 3.63) is 54.3 Å². The first-order chi connectivity index (χ1) is 15.2. The summed E-state index contributed by atoms with van der Waals surface area (Å²) in [6, 6.07) is 8.38. The molecule has 3 heterocycles. The number of aliphatic imine (C=N–C) groups is 1. The Bertz CT molecular complexity index is 858. The standard InChI is InChI=1S/C25H32ClN3O2/c1-2-6-20(28-18-26)8-5-7-19-15-27-16-21(19)24(30)29-13-11-25(12-14-29)17-31-23-10-4-3-9-22(23)25/h2-4,6,9-10,18-19,21,27H,1,5,7-8,11-17H2/b20-6-,28-18+/t19-,21+/m0/s1. The van der Waals surface area contributed by atoms with Gasteiger partial charge in [-0.05, 0) is 56.7 Å². The minimum Gasteiger partial charge on any atom is -0.492 e. The highest BCUT2D eigenvalue weighted by Gasteiger charge is 2.45. The van der Waals surface area contributed by atoms with E-state index in [4.69, 9.17) is 16.3 Å². The van der Waals surface area contributed by atoms with Crippen molar-refractivity contribution in [1.82, 2.24) is 10.2 Å². The molecule has 0 saturated carbocycles. The van der Waals surface area contributed by atoms with Gasteiger partial charge in [-0.3, -0.25) is 4.79 Å². The molecule has 3 aliphatic heterocycles. The Morgan fingerprint density at radius 2 is 2.13 bits per heavy atom. The monoisotopic (exact) mass is 441 g/mol. The molecule has 1 aromatic carbocycles. The molecule has 0 aromatic heterocycles. The number of nitrogens with zero attached hydrogens (tertiary/aromatic N) is 2. The smallest absolute Gasteiger partial charge is 0.227 e. The van der Waals surface area contributed by atoms with Crippen LogP contribution in [0.25, 0.3) is 0 Å². The van der Waals surface area contributed by atoms with Gasteiger partial charge in [0.2, 0.25) is 5.91 Å². The fraction of sp³-hybridized carbons (Fsp3) is 0.520. The second-order valence-electron chi connectivity index (χ2n) is 8.93. The topological polar surface area (TPSA) is 53.9 Å². The van der Waals surface area contributed by atoms with Gasteiger partial charge in [-0.15, -0.1) is 0 Å². The molecule has 2 saturated heterocycles. The first-order valence-electron chi connectivity index (χ1n) is 11.3. The zero-order valence-corrected chi connectivity index (χ0v) is 18.8. The summed E-state index contributed by atoms with van der Waals surface area (Å²) in [5, 5.41) is 3.44. The lowest BCUT2D eigenvalue weighted by molar-refractivity contribution is -0.138. The summed E-state index contributed by atoms with van der Waals surface area (Å²) in [6.07, 6.45) is 8.43. The second kappa shape index (κ2) is 10.0. The number of nitrogens with one attached hydrogen (secondary N) is 1. The van der Waals surface area contributed by atoms with E-state index >= 15 is 0 Å². The summed E-state index contributed by atoms with van der Waals surface area (Å²) in [5.41, 5.74) is 3.64. The van der Waals surface area contributed by atoms with E-state index in [0.29, 0.717) is 11.8 Å². The number of piperidine rings is 1. The normalized spacial score (nSPS) is 25.1. The van der Waals surface area contributed by atoms with E-state index in [1.54, 1.807) is 6.08 Å². The van der Waals surface area contributed by atoms with E-state index in [1.807, 2.05) is 12.1 Å². The number of hydrogen-bond donors (Lipinski definition) is 1. The van der Waals surface area contributed by atoms with E-state index in [2.05, 4.69) is 40.0 Å². The molecule has 31 heavy (non-hydrogen) atoms. The van der Waals surface area contributed by atoms with Gasteiger partial charge in [0, 0.05) is 36.3 Å². The number of benzene rings is 1. The molecule has 0 radical (unpaired) electrons. The van der Waals surface area contributed by atoms with Gasteiger partial charge in [0.1, 0.15) is 5.75 Å². The highest BCUT2D eigenvalue weighted by molar-refractivity contribution is 6.56. The van der Waals surface area contributed by atoms with Crippen molar-refractivity contribution in [2.24, 2.45) is 16.8 Å². The van der Waals surface area contributed by atoms with Crippen LogP contribution in [-0.4, -0.2) is 49.3 Å². The molecule has 2 atom stereocenters. The second-order valence-corrected chi connectivity index (χ2v) is 9.12. The number of likely N-dealkylation sites (tertiary alicyclic amines) is 1. The van der Waals surface area contributed by atoms with E-state index in [0.717, 1.165) is 76.3 Å². The number of carbonyl (C=O) groups is 1. The number of fused-ring (bicyclic) bond motifs is 2. The number of allylic oxidation sites excluding steroid dienone is 3. The lowest BCUT2D eigenvalue weighted by Crippen LogP contribution is -2.48. The van der Waals surface area contributed by atoms with Gasteiger partial charge in [-0.25, -0.2) is 4.99 Å². The minimum atomic E-state index is 0.0736. The molecule has 166 valence electrons. The van der Waals surface area contributed by atoms with Gasteiger partial charge in [0.15, 0.2) is 0 Å². The number of carbonyl (C=O) groups excluding carboxylic acids is 1. The van der Waals surface area contributed by atoms with Crippen LogP contribution in [-0.2, 0) is 10.2 Å². The van der Waals surface area contributed by atoms with Crippen molar-refractivity contribution in [2.45, 2.75) is 37.5 Å². The molecule has 1 aromatic rings. The summed E-state index contributed by atoms with van der Waals surface area (Å²) < 4.78 is 5.96. The highest BCUT2D eigenvalue weighted by atomic mass is 35.5. The Morgan fingerprint density at radius 3 is 2.90 bits per heavy atom. The van der Waals surface area contributed by atoms with E-state index < -0.39 is 0 Å². The van der Waals surface area contributed by atoms with Crippen molar-refractivity contribution in [3.63, 3.8) is 0 Å². The molecular formula is C25H32ClN3O2. The summed E-state index contributed by atoms with van der Waals surface area (Å²) in [6.45, 7) is 7.80. The zero-order valence-electron chi connectivity index (χ0n) is 18.1. The Labute approximate surface area is 190 Å². The maximum absolute atomic E-state index is 13.4. The van der Waals surface area contributed by atoms with Crippen LogP contribution >= 0.6 is 11.6 Å². The Balaban J connectivity index is 1.31. The molecule has 4 rings (SSSR count). The van der Waals surface area contributed by atoms with Gasteiger partial charge in [-0.2, -0.15) is 0 Å². The van der Waals surface area contributed by atoms with Crippen LogP contribution in [0.2, 0.25) is 0 Å². The molecule has 2 fully saturated rings. The minimum absolute atomic E-state index is 0.0736. The number of halogens is 1. The van der Waals surface area contributed by atoms with E-state index in [1.165, 1.54) is 11.2 Å². The quantitative estimate of drug-likeness (QED) is 0.507. The Kier molecular flexibility index (Phi) is 7.13. The molecule has 5 nitrogen and oxygen atoms in total. The van der Waals surface area contributed by atoms with Gasteiger partial charge in [0.25, 0.3) is 0 Å². The third-order valence-corrected chi connectivity index (χ3v) is 7.28. The van der Waals surface area contributed by atoms with Crippen molar-refractivity contribution in [3.8, 4) is 5.75 Å². The molecule has 1 spiro atoms. The number of para-hydroxylation sites is 1. The number of amides is 1. The Hall–Kier alpha value is -2.11. The summed E-state index contributed by atoms with van der Waals surface area (Å²) in [7, 11) is 0. The maximum atomic E-state index is 13.4.